The van der Waals surface area contributed by atoms with Crippen LogP contribution in [-0.2, 0) is 7.05 Å². The van der Waals surface area contributed by atoms with E-state index in [4.69, 9.17) is 0 Å². The van der Waals surface area contributed by atoms with Gasteiger partial charge in [-0.05, 0) is 29.3 Å². The summed E-state index contributed by atoms with van der Waals surface area (Å²) in [5.41, 5.74) is 4.71. The van der Waals surface area contributed by atoms with Crippen LogP contribution in [0.5, 0.6) is 0 Å². The van der Waals surface area contributed by atoms with Crippen LogP contribution in [0, 0.1) is 0 Å². The Kier molecular flexibility index (Phi) is 3.01. The van der Waals surface area contributed by atoms with E-state index in [1.165, 1.54) is 27.4 Å². The second-order valence-corrected chi connectivity index (χ2v) is 5.46. The maximum absolute atomic E-state index is 4.41. The Hall–Kier alpha value is -2.87. The molecule has 4 aromatic rings. The van der Waals surface area contributed by atoms with Crippen LogP contribution in [0.2, 0.25) is 0 Å². The van der Waals surface area contributed by atoms with Gasteiger partial charge in [0.05, 0.1) is 5.52 Å². The molecule has 0 amide bonds. The summed E-state index contributed by atoms with van der Waals surface area (Å²) in [7, 11) is 2.08. The standard InChI is InChI=1S/C20H16N2/c1-22-14-16(18-7-3-5-9-20(18)22)11-10-15-12-13-21-19-8-4-2-6-17(15)19/h2-14H,1H3/b11-10+. The minimum Gasteiger partial charge on any atom is -0.350 e. The molecule has 2 heteroatoms. The summed E-state index contributed by atoms with van der Waals surface area (Å²) in [6.45, 7) is 0. The number of aromatic nitrogens is 2. The Bertz CT molecular complexity index is 988. The van der Waals surface area contributed by atoms with Gasteiger partial charge in [-0.3, -0.25) is 4.98 Å². The fourth-order valence-corrected chi connectivity index (χ4v) is 2.95. The van der Waals surface area contributed by atoms with Crippen molar-refractivity contribution in [3.8, 4) is 0 Å². The van der Waals surface area contributed by atoms with Crippen molar-refractivity contribution in [2.24, 2.45) is 7.05 Å². The highest BCUT2D eigenvalue weighted by atomic mass is 14.9. The molecule has 0 bridgehead atoms. The quantitative estimate of drug-likeness (QED) is 0.512. The van der Waals surface area contributed by atoms with Gasteiger partial charge in [0, 0.05) is 35.7 Å². The Morgan fingerprint density at radius 2 is 1.55 bits per heavy atom. The van der Waals surface area contributed by atoms with Crippen molar-refractivity contribution in [2.45, 2.75) is 0 Å². The first-order valence-corrected chi connectivity index (χ1v) is 7.39. The fourth-order valence-electron chi connectivity index (χ4n) is 2.95. The molecule has 0 aliphatic rings. The SMILES string of the molecule is Cn1cc(/C=C/c2ccnc3ccccc23)c2ccccc21. The zero-order chi connectivity index (χ0) is 14.9. The van der Waals surface area contributed by atoms with Crippen molar-refractivity contribution in [2.75, 3.05) is 0 Å². The predicted octanol–water partition coefficient (Wildman–Crippen LogP) is 4.90. The minimum absolute atomic E-state index is 1.03. The molecule has 106 valence electrons. The normalized spacial score (nSPS) is 11.7. The van der Waals surface area contributed by atoms with Gasteiger partial charge in [-0.15, -0.1) is 0 Å². The molecule has 0 atom stereocenters. The zero-order valence-corrected chi connectivity index (χ0v) is 12.4. The monoisotopic (exact) mass is 284 g/mol. The minimum atomic E-state index is 1.03. The van der Waals surface area contributed by atoms with Crippen LogP contribution in [0.15, 0.2) is 67.0 Å². The molecule has 2 heterocycles. The average Bonchev–Trinajstić information content (AvgIpc) is 2.89. The summed E-state index contributed by atoms with van der Waals surface area (Å²) in [6.07, 6.45) is 8.39. The van der Waals surface area contributed by atoms with E-state index in [-0.39, 0.29) is 0 Å². The number of pyridine rings is 1. The highest BCUT2D eigenvalue weighted by Gasteiger charge is 2.03. The third kappa shape index (κ3) is 2.09. The molecule has 0 unspecified atom stereocenters. The van der Waals surface area contributed by atoms with Crippen molar-refractivity contribution in [1.82, 2.24) is 9.55 Å². The molecule has 0 aliphatic heterocycles. The number of benzene rings is 2. The van der Waals surface area contributed by atoms with Gasteiger partial charge in [-0.25, -0.2) is 0 Å². The lowest BCUT2D eigenvalue weighted by molar-refractivity contribution is 0.968. The van der Waals surface area contributed by atoms with Gasteiger partial charge in [-0.1, -0.05) is 48.6 Å². The number of rotatable bonds is 2. The van der Waals surface area contributed by atoms with Crippen molar-refractivity contribution in [3.05, 3.63) is 78.1 Å². The topological polar surface area (TPSA) is 17.8 Å². The van der Waals surface area contributed by atoms with Gasteiger partial charge in [0.15, 0.2) is 0 Å². The van der Waals surface area contributed by atoms with E-state index in [0.717, 1.165) is 5.52 Å². The number of fused-ring (bicyclic) bond motifs is 2. The Labute approximate surface area is 129 Å². The summed E-state index contributed by atoms with van der Waals surface area (Å²) < 4.78 is 2.17. The molecule has 0 N–H and O–H groups in total. The molecule has 2 aromatic carbocycles. The van der Waals surface area contributed by atoms with Crippen LogP contribution in [0.3, 0.4) is 0 Å². The molecule has 22 heavy (non-hydrogen) atoms. The molecule has 0 spiro atoms. The largest absolute Gasteiger partial charge is 0.350 e. The van der Waals surface area contributed by atoms with Crippen LogP contribution in [0.25, 0.3) is 34.0 Å². The maximum atomic E-state index is 4.41. The van der Waals surface area contributed by atoms with Gasteiger partial charge in [0.1, 0.15) is 0 Å². The van der Waals surface area contributed by atoms with E-state index < -0.39 is 0 Å². The van der Waals surface area contributed by atoms with Crippen LogP contribution < -0.4 is 0 Å². The molecule has 0 aliphatic carbocycles. The Morgan fingerprint density at radius 1 is 0.818 bits per heavy atom. The second-order valence-electron chi connectivity index (χ2n) is 5.46. The number of hydrogen-bond donors (Lipinski definition) is 0. The molecule has 0 fully saturated rings. The number of para-hydroxylation sites is 2. The Morgan fingerprint density at radius 3 is 2.45 bits per heavy atom. The lowest BCUT2D eigenvalue weighted by atomic mass is 10.1. The van der Waals surface area contributed by atoms with Gasteiger partial charge in [-0.2, -0.15) is 0 Å². The van der Waals surface area contributed by atoms with E-state index in [1.807, 2.05) is 18.3 Å². The lowest BCUT2D eigenvalue weighted by Crippen LogP contribution is -1.82. The van der Waals surface area contributed by atoms with Gasteiger partial charge in [0.2, 0.25) is 0 Å². The number of aryl methyl sites for hydroxylation is 1. The number of hydrogen-bond acceptors (Lipinski definition) is 1. The zero-order valence-electron chi connectivity index (χ0n) is 12.4. The van der Waals surface area contributed by atoms with Crippen LogP contribution in [-0.4, -0.2) is 9.55 Å². The summed E-state index contributed by atoms with van der Waals surface area (Å²) in [6, 6.07) is 18.8. The summed E-state index contributed by atoms with van der Waals surface area (Å²) >= 11 is 0. The van der Waals surface area contributed by atoms with E-state index in [2.05, 4.69) is 77.4 Å². The highest BCUT2D eigenvalue weighted by molar-refractivity contribution is 5.95. The molecular weight excluding hydrogens is 268 g/mol. The first-order chi connectivity index (χ1) is 10.8. The van der Waals surface area contributed by atoms with E-state index >= 15 is 0 Å². The molecular formula is C20H16N2. The molecule has 2 nitrogen and oxygen atoms in total. The third-order valence-corrected chi connectivity index (χ3v) is 4.05. The summed E-state index contributed by atoms with van der Waals surface area (Å²) in [5.74, 6) is 0. The molecule has 4 rings (SSSR count). The third-order valence-electron chi connectivity index (χ3n) is 4.05. The highest BCUT2D eigenvalue weighted by Crippen LogP contribution is 2.24. The van der Waals surface area contributed by atoms with Crippen LogP contribution >= 0.6 is 0 Å². The lowest BCUT2D eigenvalue weighted by Gasteiger charge is -2.00. The van der Waals surface area contributed by atoms with E-state index in [0.29, 0.717) is 0 Å². The maximum Gasteiger partial charge on any atom is 0.0707 e. The summed E-state index contributed by atoms with van der Waals surface area (Å²) in [4.78, 5) is 4.41. The average molecular weight is 284 g/mol. The van der Waals surface area contributed by atoms with Crippen molar-refractivity contribution < 1.29 is 0 Å². The molecule has 2 aromatic heterocycles. The Balaban J connectivity index is 1.83. The molecule has 0 saturated heterocycles. The molecule has 0 radical (unpaired) electrons. The van der Waals surface area contributed by atoms with Gasteiger partial charge in [0.25, 0.3) is 0 Å². The summed E-state index contributed by atoms with van der Waals surface area (Å²) in [5, 5.41) is 2.46. The van der Waals surface area contributed by atoms with Gasteiger partial charge >= 0.3 is 0 Å². The van der Waals surface area contributed by atoms with Gasteiger partial charge < -0.3 is 4.57 Å². The number of nitrogens with zero attached hydrogens (tertiary/aromatic N) is 2. The second kappa shape index (κ2) is 5.15. The predicted molar refractivity (Wildman–Crippen MR) is 93.6 cm³/mol. The van der Waals surface area contributed by atoms with Crippen LogP contribution in [0.1, 0.15) is 11.1 Å². The smallest absolute Gasteiger partial charge is 0.0707 e. The van der Waals surface area contributed by atoms with E-state index in [1.54, 1.807) is 0 Å². The van der Waals surface area contributed by atoms with E-state index in [9.17, 15) is 0 Å². The first-order valence-electron chi connectivity index (χ1n) is 7.39. The van der Waals surface area contributed by atoms with Crippen LogP contribution in [0.4, 0.5) is 0 Å². The fraction of sp³-hybridized carbons (Fsp3) is 0.0500. The van der Waals surface area contributed by atoms with Crippen molar-refractivity contribution >= 4 is 34.0 Å². The first kappa shape index (κ1) is 12.8. The molecule has 0 saturated carbocycles. The van der Waals surface area contributed by atoms with Crippen molar-refractivity contribution in [1.29, 1.82) is 0 Å². The van der Waals surface area contributed by atoms with Crippen molar-refractivity contribution in [3.63, 3.8) is 0 Å².